The highest BCUT2D eigenvalue weighted by Crippen LogP contribution is 2.38. The minimum Gasteiger partial charge on any atom is -0.392 e. The summed E-state index contributed by atoms with van der Waals surface area (Å²) >= 11 is 0. The summed E-state index contributed by atoms with van der Waals surface area (Å²) < 4.78 is 1.51. The molecule has 0 aliphatic carbocycles. The first-order valence-corrected chi connectivity index (χ1v) is 8.41. The molecule has 2 aromatic heterocycles. The van der Waals surface area contributed by atoms with E-state index in [1.807, 2.05) is 0 Å². The molecule has 0 aromatic carbocycles. The number of rotatable bonds is 1. The molecule has 0 saturated carbocycles. The van der Waals surface area contributed by atoms with Crippen LogP contribution < -0.4 is 0 Å². The zero-order chi connectivity index (χ0) is 16.7. The van der Waals surface area contributed by atoms with Gasteiger partial charge in [-0.15, -0.1) is 5.10 Å². The van der Waals surface area contributed by atoms with Crippen LogP contribution in [0.3, 0.4) is 0 Å². The lowest BCUT2D eigenvalue weighted by molar-refractivity contribution is -0.0732. The number of carbonyl (C=O) groups excluding carboxylic acids is 1. The van der Waals surface area contributed by atoms with Crippen LogP contribution in [0.4, 0.5) is 0 Å². The van der Waals surface area contributed by atoms with Gasteiger partial charge < -0.3 is 14.9 Å². The molecule has 0 radical (unpaired) electrons. The summed E-state index contributed by atoms with van der Waals surface area (Å²) in [5, 5.41) is 14.8. The van der Waals surface area contributed by atoms with Gasteiger partial charge in [-0.05, 0) is 32.4 Å². The van der Waals surface area contributed by atoms with E-state index in [-0.39, 0.29) is 23.3 Å². The van der Waals surface area contributed by atoms with E-state index in [1.165, 1.54) is 4.52 Å². The van der Waals surface area contributed by atoms with E-state index >= 15 is 0 Å². The van der Waals surface area contributed by atoms with Gasteiger partial charge in [-0.2, -0.15) is 4.98 Å². The fourth-order valence-electron chi connectivity index (χ4n) is 4.07. The number of carbonyl (C=O) groups is 1. The molecule has 0 bridgehead atoms. The second-order valence-electron chi connectivity index (χ2n) is 7.03. The average Bonchev–Trinajstić information content (AvgIpc) is 3.02. The standard InChI is InChI=1S/C16H22N6O2/c1-20-9-4-12(23)16(10-20)5-2-7-21(11-16)14(24)13-18-15-17-6-3-8-22(15)19-13/h3,6,8,12,23H,2,4-5,7,9-11H2,1H3/t12-,16-/m0/s1. The molecule has 2 saturated heterocycles. The van der Waals surface area contributed by atoms with Gasteiger partial charge in [-0.3, -0.25) is 4.79 Å². The van der Waals surface area contributed by atoms with Crippen LogP contribution in [0.5, 0.6) is 0 Å². The number of piperidine rings is 2. The molecule has 2 atom stereocenters. The molecule has 1 amide bonds. The summed E-state index contributed by atoms with van der Waals surface area (Å²) in [6, 6.07) is 1.75. The summed E-state index contributed by atoms with van der Waals surface area (Å²) in [6.07, 6.45) is 5.59. The Bertz CT molecular complexity index is 729. The SMILES string of the molecule is CN1CC[C@H](O)[C@@]2(CCCN(C(=O)c3nc4ncccn4n3)C2)C1. The van der Waals surface area contributed by atoms with E-state index in [2.05, 4.69) is 27.0 Å². The monoisotopic (exact) mass is 330 g/mol. The zero-order valence-electron chi connectivity index (χ0n) is 13.8. The number of hydrogen-bond donors (Lipinski definition) is 1. The number of aromatic nitrogens is 4. The Labute approximate surface area is 140 Å². The van der Waals surface area contributed by atoms with Crippen molar-refractivity contribution in [3.8, 4) is 0 Å². The Morgan fingerprint density at radius 2 is 2.25 bits per heavy atom. The van der Waals surface area contributed by atoms with E-state index in [0.717, 1.165) is 32.4 Å². The second kappa shape index (κ2) is 5.78. The molecular formula is C16H22N6O2. The number of hydrogen-bond acceptors (Lipinski definition) is 6. The van der Waals surface area contributed by atoms with Crippen molar-refractivity contribution >= 4 is 11.7 Å². The van der Waals surface area contributed by atoms with E-state index in [0.29, 0.717) is 18.9 Å². The maximum absolute atomic E-state index is 12.8. The number of nitrogens with zero attached hydrogens (tertiary/aromatic N) is 6. The Morgan fingerprint density at radius 1 is 1.38 bits per heavy atom. The molecule has 0 unspecified atom stereocenters. The van der Waals surface area contributed by atoms with Gasteiger partial charge in [0.15, 0.2) is 0 Å². The molecule has 2 aliphatic heterocycles. The van der Waals surface area contributed by atoms with Gasteiger partial charge in [0.1, 0.15) is 0 Å². The van der Waals surface area contributed by atoms with E-state index < -0.39 is 0 Å². The number of likely N-dealkylation sites (tertiary alicyclic amines) is 2. The third-order valence-corrected chi connectivity index (χ3v) is 5.28. The van der Waals surface area contributed by atoms with Crippen molar-refractivity contribution in [1.29, 1.82) is 0 Å². The van der Waals surface area contributed by atoms with Crippen molar-refractivity contribution < 1.29 is 9.90 Å². The predicted molar refractivity (Wildman–Crippen MR) is 86.5 cm³/mol. The van der Waals surface area contributed by atoms with Gasteiger partial charge in [0.25, 0.3) is 11.7 Å². The van der Waals surface area contributed by atoms with Crippen LogP contribution in [-0.4, -0.2) is 79.7 Å². The van der Waals surface area contributed by atoms with Crippen LogP contribution >= 0.6 is 0 Å². The number of aliphatic hydroxyl groups excluding tert-OH is 1. The number of aliphatic hydroxyl groups is 1. The Kier molecular flexibility index (Phi) is 3.73. The van der Waals surface area contributed by atoms with Crippen LogP contribution in [-0.2, 0) is 0 Å². The fraction of sp³-hybridized carbons (Fsp3) is 0.625. The molecule has 128 valence electrons. The van der Waals surface area contributed by atoms with Crippen LogP contribution in [0.2, 0.25) is 0 Å². The first kappa shape index (κ1) is 15.5. The van der Waals surface area contributed by atoms with Crippen molar-refractivity contribution in [2.24, 2.45) is 5.41 Å². The van der Waals surface area contributed by atoms with Crippen molar-refractivity contribution in [3.05, 3.63) is 24.3 Å². The molecule has 4 heterocycles. The summed E-state index contributed by atoms with van der Waals surface area (Å²) in [5.41, 5.74) is -0.238. The third-order valence-electron chi connectivity index (χ3n) is 5.28. The smallest absolute Gasteiger partial charge is 0.293 e. The first-order chi connectivity index (χ1) is 11.6. The highest BCUT2D eigenvalue weighted by atomic mass is 16.3. The lowest BCUT2D eigenvalue weighted by Crippen LogP contribution is -2.59. The second-order valence-corrected chi connectivity index (χ2v) is 7.03. The number of amides is 1. The molecule has 2 aliphatic rings. The molecule has 24 heavy (non-hydrogen) atoms. The Hall–Kier alpha value is -2.06. The van der Waals surface area contributed by atoms with Crippen molar-refractivity contribution in [2.75, 3.05) is 33.2 Å². The molecule has 8 heteroatoms. The molecule has 8 nitrogen and oxygen atoms in total. The van der Waals surface area contributed by atoms with Crippen LogP contribution in [0.1, 0.15) is 29.9 Å². The summed E-state index contributed by atoms with van der Waals surface area (Å²) in [7, 11) is 2.07. The lowest BCUT2D eigenvalue weighted by atomic mass is 9.71. The molecule has 2 aromatic rings. The van der Waals surface area contributed by atoms with Gasteiger partial charge in [0.05, 0.1) is 6.10 Å². The van der Waals surface area contributed by atoms with Crippen molar-refractivity contribution in [2.45, 2.75) is 25.4 Å². The van der Waals surface area contributed by atoms with E-state index in [1.54, 1.807) is 23.4 Å². The topological polar surface area (TPSA) is 86.9 Å². The van der Waals surface area contributed by atoms with Gasteiger partial charge >= 0.3 is 0 Å². The quantitative estimate of drug-likeness (QED) is 0.795. The van der Waals surface area contributed by atoms with Crippen LogP contribution in [0.25, 0.3) is 5.78 Å². The highest BCUT2D eigenvalue weighted by molar-refractivity contribution is 5.91. The minimum absolute atomic E-state index is 0.171. The Morgan fingerprint density at radius 3 is 3.08 bits per heavy atom. The molecule has 1 N–H and O–H groups in total. The van der Waals surface area contributed by atoms with Gasteiger partial charge in [-0.1, -0.05) is 0 Å². The van der Waals surface area contributed by atoms with Crippen LogP contribution in [0.15, 0.2) is 18.5 Å². The van der Waals surface area contributed by atoms with Crippen molar-refractivity contribution in [1.82, 2.24) is 29.4 Å². The molecule has 1 spiro atoms. The van der Waals surface area contributed by atoms with E-state index in [9.17, 15) is 9.90 Å². The molecular weight excluding hydrogens is 308 g/mol. The zero-order valence-corrected chi connectivity index (χ0v) is 13.8. The highest BCUT2D eigenvalue weighted by Gasteiger charge is 2.46. The molecule has 4 rings (SSSR count). The lowest BCUT2D eigenvalue weighted by Gasteiger charge is -2.50. The average molecular weight is 330 g/mol. The van der Waals surface area contributed by atoms with Crippen LogP contribution in [0, 0.1) is 5.41 Å². The summed E-state index contributed by atoms with van der Waals surface area (Å²) in [6.45, 7) is 2.95. The number of fused-ring (bicyclic) bond motifs is 1. The maximum Gasteiger partial charge on any atom is 0.293 e. The summed E-state index contributed by atoms with van der Waals surface area (Å²) in [4.78, 5) is 25.2. The normalized spacial score (nSPS) is 28.6. The molecule has 2 fully saturated rings. The van der Waals surface area contributed by atoms with Crippen molar-refractivity contribution in [3.63, 3.8) is 0 Å². The maximum atomic E-state index is 12.8. The summed E-state index contributed by atoms with van der Waals surface area (Å²) in [5.74, 6) is 0.411. The minimum atomic E-state index is -0.361. The Balaban J connectivity index is 1.58. The largest absolute Gasteiger partial charge is 0.392 e. The van der Waals surface area contributed by atoms with E-state index in [4.69, 9.17) is 0 Å². The third kappa shape index (κ3) is 2.55. The van der Waals surface area contributed by atoms with Gasteiger partial charge in [0, 0.05) is 44.0 Å². The van der Waals surface area contributed by atoms with Gasteiger partial charge in [-0.25, -0.2) is 9.50 Å². The predicted octanol–water partition coefficient (Wildman–Crippen LogP) is 0.0431. The fourth-order valence-corrected chi connectivity index (χ4v) is 4.07. The van der Waals surface area contributed by atoms with Gasteiger partial charge in [0.2, 0.25) is 5.82 Å². The first-order valence-electron chi connectivity index (χ1n) is 8.41.